The smallest absolute Gasteiger partial charge is 0.328 e. The second-order valence-corrected chi connectivity index (χ2v) is 5.49. The highest BCUT2D eigenvalue weighted by Gasteiger charge is 2.30. The van der Waals surface area contributed by atoms with Crippen LogP contribution in [0.4, 0.5) is 13.2 Å². The molecule has 1 aliphatic rings. The number of benzene rings is 1. The fraction of sp³-hybridized carbons (Fsp3) is 0.571. The van der Waals surface area contributed by atoms with E-state index in [0.717, 1.165) is 25.5 Å². The summed E-state index contributed by atoms with van der Waals surface area (Å²) >= 11 is 0. The van der Waals surface area contributed by atoms with Crippen molar-refractivity contribution in [2.45, 2.75) is 31.6 Å². The summed E-state index contributed by atoms with van der Waals surface area (Å²) in [4.78, 5) is 2.06. The van der Waals surface area contributed by atoms with Crippen molar-refractivity contribution in [1.82, 2.24) is 4.90 Å². The molecular weight excluding hydrogens is 253 g/mol. The lowest BCUT2D eigenvalue weighted by molar-refractivity contribution is -0.137. The molecule has 0 radical (unpaired) electrons. The highest BCUT2D eigenvalue weighted by atomic mass is 19.4. The normalized spacial score (nSPS) is 23.5. The van der Waals surface area contributed by atoms with Crippen molar-refractivity contribution < 1.29 is 13.2 Å². The zero-order valence-corrected chi connectivity index (χ0v) is 11.0. The fourth-order valence-corrected chi connectivity index (χ4v) is 2.60. The minimum atomic E-state index is -4.27. The van der Waals surface area contributed by atoms with Crippen LogP contribution in [0.3, 0.4) is 0 Å². The highest BCUT2D eigenvalue weighted by molar-refractivity contribution is 5.25. The molecule has 0 heterocycles. The molecule has 1 fully saturated rings. The number of rotatable bonds is 4. The lowest BCUT2D eigenvalue weighted by Gasteiger charge is -2.35. The van der Waals surface area contributed by atoms with Crippen LogP contribution in [0.15, 0.2) is 24.3 Å². The van der Waals surface area contributed by atoms with Gasteiger partial charge < -0.3 is 10.6 Å². The first-order valence-electron chi connectivity index (χ1n) is 6.45. The number of halogens is 3. The summed E-state index contributed by atoms with van der Waals surface area (Å²) < 4.78 is 37.8. The van der Waals surface area contributed by atoms with E-state index in [-0.39, 0.29) is 0 Å². The molecule has 0 atom stereocenters. The molecule has 1 aromatic rings. The van der Waals surface area contributed by atoms with Gasteiger partial charge in [0.2, 0.25) is 0 Å². The van der Waals surface area contributed by atoms with Gasteiger partial charge in [0.15, 0.2) is 0 Å². The molecule has 2 nitrogen and oxygen atoms in total. The van der Waals surface area contributed by atoms with Gasteiger partial charge in [-0.1, -0.05) is 18.2 Å². The number of alkyl halides is 3. The van der Waals surface area contributed by atoms with Crippen LogP contribution >= 0.6 is 0 Å². The molecule has 0 aromatic heterocycles. The van der Waals surface area contributed by atoms with Crippen molar-refractivity contribution in [2.75, 3.05) is 13.6 Å². The maximum atomic E-state index is 12.6. The van der Waals surface area contributed by atoms with Gasteiger partial charge in [-0.25, -0.2) is 0 Å². The highest BCUT2D eigenvalue weighted by Crippen LogP contribution is 2.30. The van der Waals surface area contributed by atoms with Gasteiger partial charge in [-0.2, -0.15) is 13.2 Å². The molecule has 0 spiro atoms. The molecule has 106 valence electrons. The van der Waals surface area contributed by atoms with Crippen molar-refractivity contribution >= 4 is 0 Å². The predicted octanol–water partition coefficient (Wildman–Crippen LogP) is 2.87. The Morgan fingerprint density at radius 2 is 2.00 bits per heavy atom. The van der Waals surface area contributed by atoms with Crippen molar-refractivity contribution in [3.63, 3.8) is 0 Å². The van der Waals surface area contributed by atoms with Gasteiger partial charge >= 0.3 is 6.18 Å². The first kappa shape index (κ1) is 14.3. The molecule has 19 heavy (non-hydrogen) atoms. The van der Waals surface area contributed by atoms with E-state index in [2.05, 4.69) is 4.90 Å². The van der Waals surface area contributed by atoms with Crippen LogP contribution in [-0.2, 0) is 12.7 Å². The molecule has 0 saturated heterocycles. The lowest BCUT2D eigenvalue weighted by atomic mass is 9.80. The van der Waals surface area contributed by atoms with Gasteiger partial charge in [0, 0.05) is 19.1 Å². The second kappa shape index (κ2) is 5.51. The monoisotopic (exact) mass is 272 g/mol. The SMILES string of the molecule is CN(Cc1cccc(C(F)(F)F)c1)CC1CC(N)C1. The molecule has 0 unspecified atom stereocenters. The molecule has 2 rings (SSSR count). The maximum absolute atomic E-state index is 12.6. The summed E-state index contributed by atoms with van der Waals surface area (Å²) in [5.41, 5.74) is 5.84. The number of nitrogens with zero attached hydrogens (tertiary/aromatic N) is 1. The summed E-state index contributed by atoms with van der Waals surface area (Å²) in [5.74, 6) is 0.589. The molecule has 0 bridgehead atoms. The van der Waals surface area contributed by atoms with Crippen LogP contribution in [0.1, 0.15) is 24.0 Å². The first-order valence-corrected chi connectivity index (χ1v) is 6.45. The van der Waals surface area contributed by atoms with Gasteiger partial charge in [-0.15, -0.1) is 0 Å². The third-order valence-electron chi connectivity index (χ3n) is 3.55. The van der Waals surface area contributed by atoms with Gasteiger partial charge in [0.25, 0.3) is 0 Å². The molecule has 2 N–H and O–H groups in total. The number of hydrogen-bond acceptors (Lipinski definition) is 2. The van der Waals surface area contributed by atoms with E-state index in [1.807, 2.05) is 7.05 Å². The van der Waals surface area contributed by atoms with Crippen molar-refractivity contribution in [1.29, 1.82) is 0 Å². The Morgan fingerprint density at radius 1 is 1.32 bits per heavy atom. The summed E-state index contributed by atoms with van der Waals surface area (Å²) in [7, 11) is 1.93. The van der Waals surface area contributed by atoms with Gasteiger partial charge in [-0.3, -0.25) is 0 Å². The Hall–Kier alpha value is -1.07. The summed E-state index contributed by atoms with van der Waals surface area (Å²) in [6, 6.07) is 5.84. The fourth-order valence-electron chi connectivity index (χ4n) is 2.60. The van der Waals surface area contributed by atoms with Crippen molar-refractivity contribution in [3.8, 4) is 0 Å². The van der Waals surface area contributed by atoms with Gasteiger partial charge in [0.1, 0.15) is 0 Å². The minimum absolute atomic E-state index is 0.312. The van der Waals surface area contributed by atoms with E-state index in [1.54, 1.807) is 6.07 Å². The largest absolute Gasteiger partial charge is 0.416 e. The molecule has 0 amide bonds. The molecule has 5 heteroatoms. The average molecular weight is 272 g/mol. The second-order valence-electron chi connectivity index (χ2n) is 5.49. The summed E-state index contributed by atoms with van der Waals surface area (Å²) in [6.45, 7) is 1.43. The van der Waals surface area contributed by atoms with E-state index in [9.17, 15) is 13.2 Å². The Bertz CT molecular complexity index is 425. The van der Waals surface area contributed by atoms with Crippen LogP contribution in [0.2, 0.25) is 0 Å². The Balaban J connectivity index is 1.91. The average Bonchev–Trinajstić information content (AvgIpc) is 2.26. The Labute approximate surface area is 111 Å². The van der Waals surface area contributed by atoms with Crippen LogP contribution < -0.4 is 5.73 Å². The quantitative estimate of drug-likeness (QED) is 0.913. The minimum Gasteiger partial charge on any atom is -0.328 e. The number of nitrogens with two attached hydrogens (primary N) is 1. The van der Waals surface area contributed by atoms with Crippen molar-refractivity contribution in [2.24, 2.45) is 11.7 Å². The molecule has 1 aromatic carbocycles. The zero-order chi connectivity index (χ0) is 14.0. The van der Waals surface area contributed by atoms with E-state index < -0.39 is 11.7 Å². The van der Waals surface area contributed by atoms with E-state index in [4.69, 9.17) is 5.73 Å². The van der Waals surface area contributed by atoms with Crippen LogP contribution in [-0.4, -0.2) is 24.5 Å². The summed E-state index contributed by atoms with van der Waals surface area (Å²) in [6.07, 6.45) is -2.23. The topological polar surface area (TPSA) is 29.3 Å². The molecular formula is C14H19F3N2. The first-order chi connectivity index (χ1) is 8.84. The number of hydrogen-bond donors (Lipinski definition) is 1. The molecule has 1 aliphatic carbocycles. The third kappa shape index (κ3) is 3.94. The van der Waals surface area contributed by atoms with E-state index >= 15 is 0 Å². The lowest BCUT2D eigenvalue weighted by Crippen LogP contribution is -2.41. The van der Waals surface area contributed by atoms with Crippen LogP contribution in [0.5, 0.6) is 0 Å². The van der Waals surface area contributed by atoms with Crippen LogP contribution in [0, 0.1) is 5.92 Å². The Morgan fingerprint density at radius 3 is 2.58 bits per heavy atom. The predicted molar refractivity (Wildman–Crippen MR) is 68.5 cm³/mol. The van der Waals surface area contributed by atoms with Gasteiger partial charge in [0.05, 0.1) is 5.56 Å². The van der Waals surface area contributed by atoms with E-state index in [0.29, 0.717) is 24.1 Å². The standard InChI is InChI=1S/C14H19F3N2/c1-19(9-11-6-13(18)7-11)8-10-3-2-4-12(5-10)14(15,16)17/h2-5,11,13H,6-9,18H2,1H3. The molecule has 0 aliphatic heterocycles. The zero-order valence-electron chi connectivity index (χ0n) is 11.0. The third-order valence-corrected chi connectivity index (χ3v) is 3.55. The van der Waals surface area contributed by atoms with Gasteiger partial charge in [-0.05, 0) is 37.4 Å². The van der Waals surface area contributed by atoms with Crippen molar-refractivity contribution in [3.05, 3.63) is 35.4 Å². The van der Waals surface area contributed by atoms with E-state index in [1.165, 1.54) is 12.1 Å². The summed E-state index contributed by atoms with van der Waals surface area (Å²) in [5, 5.41) is 0. The maximum Gasteiger partial charge on any atom is 0.416 e. The van der Waals surface area contributed by atoms with Crippen LogP contribution in [0.25, 0.3) is 0 Å². The Kier molecular flexibility index (Phi) is 4.16. The molecule has 1 saturated carbocycles.